The van der Waals surface area contributed by atoms with Crippen molar-refractivity contribution in [1.82, 2.24) is 5.32 Å². The average molecular weight is 723 g/mol. The number of phenols is 1. The minimum Gasteiger partial charge on any atom is -0.505 e. The maximum Gasteiger partial charge on any atom is 0.296 e. The molecule has 21 heteroatoms. The summed E-state index contributed by atoms with van der Waals surface area (Å²) in [6.45, 7) is 1.31. The van der Waals surface area contributed by atoms with Crippen LogP contribution in [0.3, 0.4) is 0 Å². The highest BCUT2D eigenvalue weighted by Crippen LogP contribution is 2.46. The van der Waals surface area contributed by atoms with E-state index in [1.54, 1.807) is 6.92 Å². The van der Waals surface area contributed by atoms with Crippen LogP contribution in [0.4, 0.5) is 28.4 Å². The second-order valence-corrected chi connectivity index (χ2v) is 14.0. The third-order valence-electron chi connectivity index (χ3n) is 6.47. The number of fused-ring (bicyclic) bond motifs is 1. The van der Waals surface area contributed by atoms with Gasteiger partial charge in [0.05, 0.1) is 29.9 Å². The van der Waals surface area contributed by atoms with Crippen molar-refractivity contribution in [2.75, 3.05) is 26.0 Å². The van der Waals surface area contributed by atoms with Gasteiger partial charge >= 0.3 is 0 Å². The van der Waals surface area contributed by atoms with Crippen LogP contribution in [0.5, 0.6) is 11.5 Å². The molecule has 0 saturated carbocycles. The lowest BCUT2D eigenvalue weighted by molar-refractivity contribution is -0.115. The zero-order chi connectivity index (χ0) is 35.6. The van der Waals surface area contributed by atoms with Crippen molar-refractivity contribution in [3.8, 4) is 11.5 Å². The second kappa shape index (κ2) is 13.7. The van der Waals surface area contributed by atoms with Crippen LogP contribution < -0.4 is 15.4 Å². The van der Waals surface area contributed by atoms with E-state index in [0.717, 1.165) is 24.3 Å². The Hall–Kier alpha value is -4.90. The van der Waals surface area contributed by atoms with Crippen molar-refractivity contribution >= 4 is 75.5 Å². The Morgan fingerprint density at radius 3 is 2.02 bits per heavy atom. The molecule has 1 amide bonds. The maximum atomic E-state index is 12.4. The van der Waals surface area contributed by atoms with Gasteiger partial charge in [0, 0.05) is 11.5 Å². The quantitative estimate of drug-likeness (QED) is 0.0913. The lowest BCUT2D eigenvalue weighted by atomic mass is 10.1. The third kappa shape index (κ3) is 7.96. The van der Waals surface area contributed by atoms with Crippen LogP contribution in [0.2, 0.25) is 0 Å². The molecule has 0 heterocycles. The summed E-state index contributed by atoms with van der Waals surface area (Å²) in [4.78, 5) is 10.1. The largest absolute Gasteiger partial charge is 0.505 e. The number of aryl methyl sites for hydroxylation is 1. The minimum atomic E-state index is -5.17. The van der Waals surface area contributed by atoms with E-state index in [4.69, 9.17) is 4.74 Å². The first-order chi connectivity index (χ1) is 22.3. The number of carbonyl (C=O) groups excluding carboxylic acids is 1. The number of azo groups is 2. The Bertz CT molecular complexity index is 2340. The van der Waals surface area contributed by atoms with Crippen molar-refractivity contribution < 1.29 is 53.5 Å². The molecular weight excluding hydrogens is 697 g/mol. The molecule has 0 unspecified atom stereocenters. The first-order valence-electron chi connectivity index (χ1n) is 13.2. The predicted molar refractivity (Wildman–Crippen MR) is 170 cm³/mol. The molecule has 4 aromatic rings. The molecule has 18 nitrogen and oxygen atoms in total. The van der Waals surface area contributed by atoms with E-state index in [0.29, 0.717) is 5.56 Å². The molecule has 0 fully saturated rings. The SMILES string of the molecule is CNCC(=O)Nc1cc(S(=O)(=O)O)cc2cc(S(=O)(=O)O)c(N=Nc3cc(C)c(N=Nc4ccccc4S(=O)(=O)O)cc3OC)c(O)c12. The Morgan fingerprint density at radius 2 is 1.42 bits per heavy atom. The number of nitrogens with zero attached hydrogens (tertiary/aromatic N) is 4. The van der Waals surface area contributed by atoms with E-state index in [1.165, 1.54) is 44.5 Å². The van der Waals surface area contributed by atoms with Crippen LogP contribution in [-0.4, -0.2) is 70.6 Å². The molecule has 0 spiro atoms. The summed E-state index contributed by atoms with van der Waals surface area (Å²) in [6.07, 6.45) is 0. The highest BCUT2D eigenvalue weighted by molar-refractivity contribution is 7.86. The number of benzene rings is 4. The summed E-state index contributed by atoms with van der Waals surface area (Å²) in [5.74, 6) is -1.65. The normalized spacial score (nSPS) is 12.6. The van der Waals surface area contributed by atoms with Gasteiger partial charge in [0.15, 0.2) is 5.75 Å². The highest BCUT2D eigenvalue weighted by atomic mass is 32.2. The number of nitrogens with one attached hydrogen (secondary N) is 2. The van der Waals surface area contributed by atoms with E-state index in [2.05, 4.69) is 31.1 Å². The number of rotatable bonds is 11. The monoisotopic (exact) mass is 722 g/mol. The molecule has 0 aromatic heterocycles. The molecule has 0 bridgehead atoms. The van der Waals surface area contributed by atoms with Gasteiger partial charge in [-0.2, -0.15) is 30.4 Å². The van der Waals surface area contributed by atoms with Gasteiger partial charge in [0.2, 0.25) is 5.91 Å². The fourth-order valence-corrected chi connectivity index (χ4v) is 6.16. The molecule has 0 saturated heterocycles. The smallest absolute Gasteiger partial charge is 0.296 e. The number of hydrogen-bond donors (Lipinski definition) is 6. The topological polar surface area (TPSA) is 283 Å². The number of amides is 1. The first kappa shape index (κ1) is 35.9. The minimum absolute atomic E-state index is 0.00661. The molecule has 0 atom stereocenters. The number of likely N-dealkylation sites (N-methyl/N-ethyl adjacent to an activating group) is 1. The molecular formula is C27H26N6O12S3. The van der Waals surface area contributed by atoms with Gasteiger partial charge in [-0.05, 0) is 61.3 Å². The second-order valence-electron chi connectivity index (χ2n) is 9.82. The highest BCUT2D eigenvalue weighted by Gasteiger charge is 2.26. The zero-order valence-corrected chi connectivity index (χ0v) is 27.4. The summed E-state index contributed by atoms with van der Waals surface area (Å²) in [6, 6.07) is 10.4. The van der Waals surface area contributed by atoms with Crippen LogP contribution in [-0.2, 0) is 35.1 Å². The molecule has 6 N–H and O–H groups in total. The Morgan fingerprint density at radius 1 is 0.792 bits per heavy atom. The summed E-state index contributed by atoms with van der Waals surface area (Å²) < 4.78 is 106. The van der Waals surface area contributed by atoms with Gasteiger partial charge < -0.3 is 20.5 Å². The van der Waals surface area contributed by atoms with Gasteiger partial charge in [-0.15, -0.1) is 15.3 Å². The van der Waals surface area contributed by atoms with Gasteiger partial charge in [-0.1, -0.05) is 12.1 Å². The van der Waals surface area contributed by atoms with E-state index < -0.39 is 62.4 Å². The summed E-state index contributed by atoms with van der Waals surface area (Å²) in [7, 11) is -12.0. The first-order valence-corrected chi connectivity index (χ1v) is 17.5. The number of carbonyl (C=O) groups is 1. The summed E-state index contributed by atoms with van der Waals surface area (Å²) >= 11 is 0. The molecule has 0 aliphatic rings. The molecule has 4 aromatic carbocycles. The van der Waals surface area contributed by atoms with Crippen LogP contribution in [0, 0.1) is 6.92 Å². The molecule has 0 aliphatic carbocycles. The zero-order valence-electron chi connectivity index (χ0n) is 25.0. The average Bonchev–Trinajstić information content (AvgIpc) is 2.98. The Kier molecular flexibility index (Phi) is 10.2. The van der Waals surface area contributed by atoms with Crippen LogP contribution in [0.25, 0.3) is 10.8 Å². The predicted octanol–water partition coefficient (Wildman–Crippen LogP) is 4.59. The van der Waals surface area contributed by atoms with Crippen molar-refractivity contribution in [3.05, 3.63) is 60.2 Å². The number of ether oxygens (including phenoxy) is 1. The Balaban J connectivity index is 1.88. The maximum absolute atomic E-state index is 12.4. The third-order valence-corrected chi connectivity index (χ3v) is 9.07. The van der Waals surface area contributed by atoms with Crippen LogP contribution >= 0.6 is 0 Å². The van der Waals surface area contributed by atoms with E-state index in [9.17, 15) is 48.8 Å². The van der Waals surface area contributed by atoms with E-state index in [-0.39, 0.29) is 45.8 Å². The molecule has 4 rings (SSSR count). The van der Waals surface area contributed by atoms with Crippen molar-refractivity contribution in [2.24, 2.45) is 20.5 Å². The fourth-order valence-electron chi connectivity index (χ4n) is 4.34. The van der Waals surface area contributed by atoms with Gasteiger partial charge in [0.25, 0.3) is 30.4 Å². The van der Waals surface area contributed by atoms with Crippen molar-refractivity contribution in [3.63, 3.8) is 0 Å². The molecule has 48 heavy (non-hydrogen) atoms. The van der Waals surface area contributed by atoms with Crippen molar-refractivity contribution in [1.29, 1.82) is 0 Å². The number of phenolic OH excluding ortho intramolecular Hbond substituents is 1. The summed E-state index contributed by atoms with van der Waals surface area (Å²) in [5, 5.41) is 31.3. The Labute approximate surface area is 273 Å². The van der Waals surface area contributed by atoms with E-state index in [1.807, 2.05) is 0 Å². The van der Waals surface area contributed by atoms with Crippen LogP contribution in [0.1, 0.15) is 5.56 Å². The van der Waals surface area contributed by atoms with Gasteiger partial charge in [0.1, 0.15) is 32.6 Å². The number of anilines is 1. The number of methoxy groups -OCH3 is 1. The standard InChI is InChI=1S/C27H26N6O12S3/c1-14-8-19(21(45-3)12-18(14)31-30-17-6-4-5-7-22(17)47(39,40)41)32-33-26-23(48(42,43)44)10-15-9-16(46(36,37)38)11-20(25(15)27(26)35)29-24(34)13-28-2/h4-12,28,35H,13H2,1-3H3,(H,29,34)(H,36,37,38)(H,39,40,41)(H,42,43,44). The van der Waals surface area contributed by atoms with Gasteiger partial charge in [-0.25, -0.2) is 0 Å². The molecule has 0 aliphatic heterocycles. The summed E-state index contributed by atoms with van der Waals surface area (Å²) in [5.41, 5.74) is -0.814. The van der Waals surface area contributed by atoms with Gasteiger partial charge in [-0.3, -0.25) is 18.5 Å². The molecule has 0 radical (unpaired) electrons. The van der Waals surface area contributed by atoms with E-state index >= 15 is 0 Å². The van der Waals surface area contributed by atoms with Crippen LogP contribution in [0.15, 0.2) is 89.7 Å². The van der Waals surface area contributed by atoms with Crippen molar-refractivity contribution in [2.45, 2.75) is 21.6 Å². The molecule has 254 valence electrons. The lowest BCUT2D eigenvalue weighted by Gasteiger charge is -2.15. The lowest BCUT2D eigenvalue weighted by Crippen LogP contribution is -2.25. The number of aromatic hydroxyl groups is 1. The number of hydrogen-bond acceptors (Lipinski definition) is 14. The fraction of sp³-hybridized carbons (Fsp3) is 0.148.